The van der Waals surface area contributed by atoms with Gasteiger partial charge in [-0.25, -0.2) is 5.84 Å². The second-order valence-corrected chi connectivity index (χ2v) is 4.64. The van der Waals surface area contributed by atoms with Crippen LogP contribution < -0.4 is 20.9 Å². The van der Waals surface area contributed by atoms with Crippen LogP contribution >= 0.6 is 0 Å². The second kappa shape index (κ2) is 7.08. The third-order valence-corrected chi connectivity index (χ3v) is 3.10. The third kappa shape index (κ3) is 3.92. The lowest BCUT2D eigenvalue weighted by molar-refractivity contribution is 0.282. The minimum atomic E-state index is 0.348. The Morgan fingerprint density at radius 3 is 2.68 bits per heavy atom. The Labute approximate surface area is 113 Å². The van der Waals surface area contributed by atoms with Crippen LogP contribution in [0.3, 0.4) is 0 Å². The second-order valence-electron chi connectivity index (χ2n) is 4.64. The van der Waals surface area contributed by atoms with Crippen molar-refractivity contribution in [1.82, 2.24) is 15.0 Å². The van der Waals surface area contributed by atoms with Gasteiger partial charge in [0.05, 0.1) is 6.61 Å². The van der Waals surface area contributed by atoms with Crippen molar-refractivity contribution in [3.05, 3.63) is 0 Å². The topological polar surface area (TPSA) is 89.2 Å². The largest absolute Gasteiger partial charge is 0.463 e. The zero-order valence-electron chi connectivity index (χ0n) is 11.4. The van der Waals surface area contributed by atoms with Crippen LogP contribution in [0.25, 0.3) is 0 Å². The summed E-state index contributed by atoms with van der Waals surface area (Å²) in [5.74, 6) is 6.38. The lowest BCUT2D eigenvalue weighted by Crippen LogP contribution is -2.23. The van der Waals surface area contributed by atoms with Gasteiger partial charge >= 0.3 is 6.01 Å². The van der Waals surface area contributed by atoms with E-state index in [9.17, 15) is 0 Å². The van der Waals surface area contributed by atoms with E-state index in [4.69, 9.17) is 10.6 Å². The van der Waals surface area contributed by atoms with Crippen molar-refractivity contribution in [2.75, 3.05) is 30.0 Å². The van der Waals surface area contributed by atoms with Crippen LogP contribution in [-0.2, 0) is 0 Å². The maximum atomic E-state index is 5.57. The number of nitrogens with two attached hydrogens (primary N) is 1. The molecule has 7 heteroatoms. The molecular weight excluding hydrogens is 244 g/mol. The summed E-state index contributed by atoms with van der Waals surface area (Å²) >= 11 is 0. The van der Waals surface area contributed by atoms with Crippen LogP contribution in [0.1, 0.15) is 39.0 Å². The van der Waals surface area contributed by atoms with E-state index < -0.39 is 0 Å². The summed E-state index contributed by atoms with van der Waals surface area (Å²) in [7, 11) is 0. The third-order valence-electron chi connectivity index (χ3n) is 3.10. The number of hydrogen-bond donors (Lipinski definition) is 2. The normalized spacial score (nSPS) is 14.7. The van der Waals surface area contributed by atoms with E-state index in [-0.39, 0.29) is 0 Å². The molecule has 1 aliphatic heterocycles. The molecule has 19 heavy (non-hydrogen) atoms. The zero-order chi connectivity index (χ0) is 13.5. The molecule has 0 atom stereocenters. The molecule has 0 saturated carbocycles. The van der Waals surface area contributed by atoms with Gasteiger partial charge in [0.15, 0.2) is 0 Å². The number of unbranched alkanes of at least 4 members (excludes halogenated alkanes) is 2. The number of hydrazine groups is 1. The summed E-state index contributed by atoms with van der Waals surface area (Å²) < 4.78 is 5.57. The Kier molecular flexibility index (Phi) is 5.14. The predicted octanol–water partition coefficient (Wildman–Crippen LogP) is 1.33. The number of anilines is 2. The molecular formula is C12H22N6O. The van der Waals surface area contributed by atoms with E-state index in [0.717, 1.165) is 32.4 Å². The van der Waals surface area contributed by atoms with Crippen LogP contribution in [0.4, 0.5) is 11.9 Å². The number of ether oxygens (including phenoxy) is 1. The number of aromatic nitrogens is 3. The molecule has 1 aromatic heterocycles. The predicted molar refractivity (Wildman–Crippen MR) is 74.1 cm³/mol. The van der Waals surface area contributed by atoms with Crippen molar-refractivity contribution < 1.29 is 4.74 Å². The minimum absolute atomic E-state index is 0.348. The average Bonchev–Trinajstić information content (AvgIpc) is 2.97. The van der Waals surface area contributed by atoms with Crippen molar-refractivity contribution in [3.8, 4) is 6.01 Å². The van der Waals surface area contributed by atoms with Gasteiger partial charge in [-0.3, -0.25) is 5.43 Å². The van der Waals surface area contributed by atoms with Gasteiger partial charge in [0.2, 0.25) is 11.9 Å². The van der Waals surface area contributed by atoms with Crippen LogP contribution in [0.2, 0.25) is 0 Å². The molecule has 106 valence electrons. The van der Waals surface area contributed by atoms with E-state index in [1.807, 2.05) is 0 Å². The Morgan fingerprint density at radius 2 is 2.00 bits per heavy atom. The number of nitrogen functional groups attached to an aromatic ring is 1. The highest BCUT2D eigenvalue weighted by atomic mass is 16.5. The molecule has 0 aliphatic carbocycles. The van der Waals surface area contributed by atoms with E-state index in [2.05, 4.69) is 32.2 Å². The summed E-state index contributed by atoms with van der Waals surface area (Å²) in [5.41, 5.74) is 2.46. The lowest BCUT2D eigenvalue weighted by Gasteiger charge is -2.16. The van der Waals surface area contributed by atoms with Crippen molar-refractivity contribution in [2.24, 2.45) is 5.84 Å². The van der Waals surface area contributed by atoms with Crippen LogP contribution in [-0.4, -0.2) is 34.6 Å². The SMILES string of the molecule is CCCCCOc1nc(NN)nc(N2CCCC2)n1. The fourth-order valence-electron chi connectivity index (χ4n) is 2.05. The monoisotopic (exact) mass is 266 g/mol. The van der Waals surface area contributed by atoms with Crippen molar-refractivity contribution in [1.29, 1.82) is 0 Å². The molecule has 1 aromatic rings. The first-order valence-electron chi connectivity index (χ1n) is 6.94. The molecule has 0 spiro atoms. The number of hydrogen-bond acceptors (Lipinski definition) is 7. The van der Waals surface area contributed by atoms with Gasteiger partial charge in [0.25, 0.3) is 0 Å². The van der Waals surface area contributed by atoms with Crippen LogP contribution in [0.15, 0.2) is 0 Å². The van der Waals surface area contributed by atoms with Crippen molar-refractivity contribution in [3.63, 3.8) is 0 Å². The summed E-state index contributed by atoms with van der Waals surface area (Å²) in [6.45, 7) is 4.73. The molecule has 7 nitrogen and oxygen atoms in total. The molecule has 0 aromatic carbocycles. The molecule has 2 heterocycles. The Bertz CT molecular complexity index is 394. The maximum Gasteiger partial charge on any atom is 0.323 e. The summed E-state index contributed by atoms with van der Waals surface area (Å²) in [5, 5.41) is 0. The molecule has 1 saturated heterocycles. The average molecular weight is 266 g/mol. The number of nitrogens with zero attached hydrogens (tertiary/aromatic N) is 4. The van der Waals surface area contributed by atoms with E-state index in [1.54, 1.807) is 0 Å². The Hall–Kier alpha value is -1.63. The van der Waals surface area contributed by atoms with Crippen molar-refractivity contribution >= 4 is 11.9 Å². The summed E-state index contributed by atoms with van der Waals surface area (Å²) in [4.78, 5) is 14.9. The fourth-order valence-corrected chi connectivity index (χ4v) is 2.05. The molecule has 0 radical (unpaired) electrons. The molecule has 0 unspecified atom stereocenters. The Morgan fingerprint density at radius 1 is 1.21 bits per heavy atom. The smallest absolute Gasteiger partial charge is 0.323 e. The van der Waals surface area contributed by atoms with E-state index in [1.165, 1.54) is 12.8 Å². The standard InChI is InChI=1S/C12H22N6O/c1-2-3-6-9-19-12-15-10(17-13)14-11(16-12)18-7-4-5-8-18/h2-9,13H2,1H3,(H,14,15,16,17). The highest BCUT2D eigenvalue weighted by Gasteiger charge is 2.17. The zero-order valence-corrected chi connectivity index (χ0v) is 11.4. The fraction of sp³-hybridized carbons (Fsp3) is 0.750. The highest BCUT2D eigenvalue weighted by molar-refractivity contribution is 5.38. The Balaban J connectivity index is 2.02. The number of nitrogens with one attached hydrogen (secondary N) is 1. The first-order chi connectivity index (χ1) is 9.33. The van der Waals surface area contributed by atoms with Gasteiger partial charge < -0.3 is 9.64 Å². The van der Waals surface area contributed by atoms with Gasteiger partial charge in [-0.2, -0.15) is 15.0 Å². The molecule has 1 fully saturated rings. The molecule has 3 N–H and O–H groups in total. The highest BCUT2D eigenvalue weighted by Crippen LogP contribution is 2.19. The van der Waals surface area contributed by atoms with Crippen LogP contribution in [0.5, 0.6) is 6.01 Å². The van der Waals surface area contributed by atoms with Crippen molar-refractivity contribution in [2.45, 2.75) is 39.0 Å². The molecule has 1 aliphatic rings. The lowest BCUT2D eigenvalue weighted by atomic mass is 10.3. The first-order valence-corrected chi connectivity index (χ1v) is 6.94. The van der Waals surface area contributed by atoms with Gasteiger partial charge in [-0.05, 0) is 19.3 Å². The number of rotatable bonds is 7. The van der Waals surface area contributed by atoms with Gasteiger partial charge in [0, 0.05) is 13.1 Å². The quantitative estimate of drug-likeness (QED) is 0.437. The summed E-state index contributed by atoms with van der Waals surface area (Å²) in [6.07, 6.45) is 5.65. The first kappa shape index (κ1) is 13.8. The van der Waals surface area contributed by atoms with Gasteiger partial charge in [-0.15, -0.1) is 0 Å². The van der Waals surface area contributed by atoms with Gasteiger partial charge in [-0.1, -0.05) is 19.8 Å². The van der Waals surface area contributed by atoms with E-state index >= 15 is 0 Å². The van der Waals surface area contributed by atoms with E-state index in [0.29, 0.717) is 24.5 Å². The molecule has 0 amide bonds. The van der Waals surface area contributed by atoms with Gasteiger partial charge in [0.1, 0.15) is 0 Å². The summed E-state index contributed by atoms with van der Waals surface area (Å²) in [6, 6.07) is 0.348. The molecule has 0 bridgehead atoms. The minimum Gasteiger partial charge on any atom is -0.463 e. The maximum absolute atomic E-state index is 5.57. The van der Waals surface area contributed by atoms with Crippen LogP contribution in [0, 0.1) is 0 Å². The molecule has 2 rings (SSSR count).